The van der Waals surface area contributed by atoms with Crippen LogP contribution in [0.25, 0.3) is 0 Å². The molecule has 0 rings (SSSR count). The van der Waals surface area contributed by atoms with Gasteiger partial charge in [-0.25, -0.2) is 9.59 Å². The van der Waals surface area contributed by atoms with Gasteiger partial charge < -0.3 is 49.3 Å². The molecule has 0 fully saturated rings. The van der Waals surface area contributed by atoms with Gasteiger partial charge in [-0.1, -0.05) is 12.8 Å². The summed E-state index contributed by atoms with van der Waals surface area (Å²) in [5.74, 6) is -4.43. The van der Waals surface area contributed by atoms with Gasteiger partial charge in [-0.3, -0.25) is 28.8 Å². The zero-order chi connectivity index (χ0) is 37.2. The monoisotopic (exact) mass is 720 g/mol. The molecule has 0 saturated heterocycles. The zero-order valence-electron chi connectivity index (χ0n) is 28.6. The number of hydrogen-bond acceptors (Lipinski definition) is 14. The first-order valence-corrected chi connectivity index (χ1v) is 16.9. The molecule has 0 aliphatic carbocycles. The number of hydrogen-bond donors (Lipinski definition) is 4. The van der Waals surface area contributed by atoms with Gasteiger partial charge in [0.2, 0.25) is 0 Å². The van der Waals surface area contributed by atoms with Crippen LogP contribution in [0, 0.1) is 0 Å². The minimum atomic E-state index is -1.08. The van der Waals surface area contributed by atoms with Gasteiger partial charge in [0.1, 0.15) is 0 Å². The number of aliphatic carboxylic acids is 2. The molecule has 0 radical (unpaired) electrons. The van der Waals surface area contributed by atoms with E-state index >= 15 is 0 Å². The lowest BCUT2D eigenvalue weighted by atomic mass is 10.2. The van der Waals surface area contributed by atoms with Gasteiger partial charge in [0, 0.05) is 13.1 Å². The number of carboxylic acid groups (broad SMARTS) is 2. The number of amides is 2. The fraction of sp³-hybridized carbons (Fsp3) is 0.750. The van der Waals surface area contributed by atoms with Crippen molar-refractivity contribution in [2.45, 2.75) is 103 Å². The Morgan fingerprint density at radius 1 is 0.340 bits per heavy atom. The van der Waals surface area contributed by atoms with Crippen LogP contribution < -0.4 is 10.6 Å². The second kappa shape index (κ2) is 31.6. The minimum Gasteiger partial charge on any atom is -0.481 e. The molecule has 286 valence electrons. The third-order valence-electron chi connectivity index (χ3n) is 6.40. The lowest BCUT2D eigenvalue weighted by Crippen LogP contribution is -2.26. The van der Waals surface area contributed by atoms with Gasteiger partial charge in [0.25, 0.3) is 0 Å². The molecule has 0 unspecified atom stereocenters. The van der Waals surface area contributed by atoms with Crippen molar-refractivity contribution >= 4 is 48.0 Å². The summed E-state index contributed by atoms with van der Waals surface area (Å²) in [6.07, 6.45) is 3.69. The summed E-state index contributed by atoms with van der Waals surface area (Å²) < 4.78 is 29.9. The standard InChI is InChI=1S/C32H52N2O16/c35-25(36)11-13-27(39)45-19-5-6-20-47-29(41)15-16-30(42)48-22-8-10-24-50-32(44)34-18-4-2-1-3-17-33-31(43)49-23-9-7-21-46-28(40)14-12-26(37)38/h1-24H2,(H,33,43)(H,34,44)(H,35,36)(H,37,38). The van der Waals surface area contributed by atoms with E-state index in [0.717, 1.165) is 25.7 Å². The Hall–Kier alpha value is -4.64. The number of unbranched alkanes of at least 4 members (excludes halogenated alkanes) is 6. The Bertz CT molecular complexity index is 1040. The van der Waals surface area contributed by atoms with Crippen LogP contribution in [0.15, 0.2) is 0 Å². The number of alkyl carbamates (subject to hydrolysis) is 2. The zero-order valence-corrected chi connectivity index (χ0v) is 28.6. The van der Waals surface area contributed by atoms with Crippen molar-refractivity contribution in [1.82, 2.24) is 10.6 Å². The average molecular weight is 721 g/mol. The summed E-state index contributed by atoms with van der Waals surface area (Å²) in [6.45, 7) is 1.65. The van der Waals surface area contributed by atoms with E-state index in [4.69, 9.17) is 38.6 Å². The Balaban J connectivity index is 3.50. The number of carboxylic acids is 2. The lowest BCUT2D eigenvalue weighted by molar-refractivity contribution is -0.150. The molecular formula is C32H52N2O16. The SMILES string of the molecule is O=C(O)CCC(=O)OCCCCOC(=O)CCC(=O)OCCCCOC(=O)NCCCCCCNC(=O)OCCCCOC(=O)CCC(=O)O. The molecule has 2 amide bonds. The van der Waals surface area contributed by atoms with Crippen molar-refractivity contribution in [1.29, 1.82) is 0 Å². The molecule has 0 aromatic rings. The van der Waals surface area contributed by atoms with Gasteiger partial charge in [0.05, 0.1) is 78.2 Å². The maximum atomic E-state index is 11.8. The van der Waals surface area contributed by atoms with E-state index in [0.29, 0.717) is 51.6 Å². The van der Waals surface area contributed by atoms with E-state index in [-0.39, 0.29) is 78.2 Å². The Labute approximate surface area is 291 Å². The maximum Gasteiger partial charge on any atom is 0.407 e. The molecule has 18 heteroatoms. The molecule has 4 N–H and O–H groups in total. The molecule has 50 heavy (non-hydrogen) atoms. The molecule has 0 atom stereocenters. The number of carbonyl (C=O) groups excluding carboxylic acids is 6. The average Bonchev–Trinajstić information content (AvgIpc) is 3.07. The van der Waals surface area contributed by atoms with Crippen LogP contribution in [-0.4, -0.2) is 111 Å². The van der Waals surface area contributed by atoms with E-state index in [2.05, 4.69) is 10.6 Å². The Morgan fingerprint density at radius 2 is 0.600 bits per heavy atom. The number of esters is 4. The number of nitrogens with one attached hydrogen (secondary N) is 2. The third kappa shape index (κ3) is 33.3. The van der Waals surface area contributed by atoms with Crippen molar-refractivity contribution in [2.24, 2.45) is 0 Å². The first-order chi connectivity index (χ1) is 24.0. The highest BCUT2D eigenvalue weighted by atomic mass is 16.6. The second-order valence-electron chi connectivity index (χ2n) is 10.8. The first-order valence-electron chi connectivity index (χ1n) is 16.9. The Kier molecular flexibility index (Phi) is 28.7. The van der Waals surface area contributed by atoms with Crippen molar-refractivity contribution in [2.75, 3.05) is 52.7 Å². The van der Waals surface area contributed by atoms with Crippen LogP contribution in [0.4, 0.5) is 9.59 Å². The smallest absolute Gasteiger partial charge is 0.407 e. The molecule has 0 spiro atoms. The van der Waals surface area contributed by atoms with E-state index in [1.165, 1.54) is 0 Å². The van der Waals surface area contributed by atoms with Crippen LogP contribution in [-0.2, 0) is 57.2 Å². The first kappa shape index (κ1) is 45.4. The summed E-state index contributed by atoms with van der Waals surface area (Å²) in [5.41, 5.74) is 0. The highest BCUT2D eigenvalue weighted by molar-refractivity contribution is 5.78. The van der Waals surface area contributed by atoms with Crippen molar-refractivity contribution in [3.63, 3.8) is 0 Å². The predicted molar refractivity (Wildman–Crippen MR) is 172 cm³/mol. The summed E-state index contributed by atoms with van der Waals surface area (Å²) in [6, 6.07) is 0. The number of ether oxygens (including phenoxy) is 6. The highest BCUT2D eigenvalue weighted by Crippen LogP contribution is 2.02. The molecule has 0 aromatic carbocycles. The molecule has 18 nitrogen and oxygen atoms in total. The summed E-state index contributed by atoms with van der Waals surface area (Å²) >= 11 is 0. The van der Waals surface area contributed by atoms with Crippen molar-refractivity contribution < 1.29 is 77.0 Å². The highest BCUT2D eigenvalue weighted by Gasteiger charge is 2.11. The molecular weight excluding hydrogens is 668 g/mol. The summed E-state index contributed by atoms with van der Waals surface area (Å²) in [5, 5.41) is 22.3. The maximum absolute atomic E-state index is 11.8. The van der Waals surface area contributed by atoms with Crippen LogP contribution in [0.3, 0.4) is 0 Å². The lowest BCUT2D eigenvalue weighted by Gasteiger charge is -2.08. The van der Waals surface area contributed by atoms with Crippen LogP contribution in [0.2, 0.25) is 0 Å². The van der Waals surface area contributed by atoms with Gasteiger partial charge in [0.15, 0.2) is 0 Å². The fourth-order valence-electron chi connectivity index (χ4n) is 3.68. The summed E-state index contributed by atoms with van der Waals surface area (Å²) in [4.78, 5) is 90.2. The van der Waals surface area contributed by atoms with E-state index < -0.39 is 48.0 Å². The van der Waals surface area contributed by atoms with Crippen molar-refractivity contribution in [3.05, 3.63) is 0 Å². The summed E-state index contributed by atoms with van der Waals surface area (Å²) in [7, 11) is 0. The molecule has 0 aliphatic heterocycles. The largest absolute Gasteiger partial charge is 0.481 e. The third-order valence-corrected chi connectivity index (χ3v) is 6.40. The minimum absolute atomic E-state index is 0.0948. The quantitative estimate of drug-likeness (QED) is 0.0456. The van der Waals surface area contributed by atoms with E-state index in [9.17, 15) is 38.4 Å². The van der Waals surface area contributed by atoms with Crippen molar-refractivity contribution in [3.8, 4) is 0 Å². The topological polar surface area (TPSA) is 256 Å². The fourth-order valence-corrected chi connectivity index (χ4v) is 3.68. The van der Waals surface area contributed by atoms with Gasteiger partial charge in [-0.05, 0) is 51.4 Å². The van der Waals surface area contributed by atoms with Gasteiger partial charge in [-0.15, -0.1) is 0 Å². The Morgan fingerprint density at radius 3 is 0.880 bits per heavy atom. The second-order valence-corrected chi connectivity index (χ2v) is 10.8. The molecule has 0 heterocycles. The molecule has 0 bridgehead atoms. The van der Waals surface area contributed by atoms with E-state index in [1.54, 1.807) is 0 Å². The van der Waals surface area contributed by atoms with E-state index in [1.807, 2.05) is 0 Å². The van der Waals surface area contributed by atoms with Gasteiger partial charge >= 0.3 is 48.0 Å². The molecule has 0 saturated carbocycles. The number of carbonyl (C=O) groups is 8. The van der Waals surface area contributed by atoms with Crippen LogP contribution in [0.5, 0.6) is 0 Å². The molecule has 0 aromatic heterocycles. The normalized spacial score (nSPS) is 10.3. The number of rotatable bonds is 31. The molecule has 0 aliphatic rings. The van der Waals surface area contributed by atoms with Gasteiger partial charge in [-0.2, -0.15) is 0 Å². The van der Waals surface area contributed by atoms with Crippen LogP contribution in [0.1, 0.15) is 103 Å². The van der Waals surface area contributed by atoms with Crippen LogP contribution >= 0.6 is 0 Å². The predicted octanol–water partition coefficient (Wildman–Crippen LogP) is 3.02.